The molecule has 0 saturated carbocycles. The summed E-state index contributed by atoms with van der Waals surface area (Å²) in [4.78, 5) is 23.1. The Hall–Kier alpha value is -2.66. The van der Waals surface area contributed by atoms with Crippen LogP contribution < -0.4 is 20.5 Å². The number of nitriles is 1. The summed E-state index contributed by atoms with van der Waals surface area (Å²) in [7, 11) is 3.06. The molecular formula is C16H17N3O4S. The number of ether oxygens (including phenoxy) is 2. The van der Waals surface area contributed by atoms with E-state index in [0.29, 0.717) is 27.7 Å². The van der Waals surface area contributed by atoms with Crippen molar-refractivity contribution in [1.29, 1.82) is 5.26 Å². The molecule has 8 heteroatoms. The molecule has 1 heterocycles. The number of nitrogens with two attached hydrogens (primary N) is 1. The number of allylic oxidation sites excluding steroid dienone is 1. The number of primary amides is 1. The quantitative estimate of drug-likeness (QED) is 0.801. The minimum Gasteiger partial charge on any atom is -0.497 e. The summed E-state index contributed by atoms with van der Waals surface area (Å²) in [5, 5.41) is 12.6. The standard InChI is InChI=1S/C16H17N3O4S/c1-22-9-3-4-13(23-2)11(5-9)10-6-15(21)19-16(12(10)7-17)24-8-14(18)20/h3-5,10H,6,8H2,1-2H3,(H2,18,20)(H,19,21)/t10-/m1/s1. The molecule has 0 bridgehead atoms. The molecule has 0 aromatic heterocycles. The Morgan fingerprint density at radius 2 is 2.21 bits per heavy atom. The number of hydrogen-bond acceptors (Lipinski definition) is 6. The van der Waals surface area contributed by atoms with Crippen LogP contribution in [-0.2, 0) is 9.59 Å². The molecule has 1 aromatic rings. The van der Waals surface area contributed by atoms with Gasteiger partial charge >= 0.3 is 0 Å². The molecule has 0 saturated heterocycles. The van der Waals surface area contributed by atoms with Crippen LogP contribution in [0.1, 0.15) is 17.9 Å². The fourth-order valence-electron chi connectivity index (χ4n) is 2.45. The van der Waals surface area contributed by atoms with E-state index in [4.69, 9.17) is 15.2 Å². The van der Waals surface area contributed by atoms with Gasteiger partial charge in [0.1, 0.15) is 11.5 Å². The Bertz CT molecular complexity index is 739. The minimum absolute atomic E-state index is 0.0250. The number of nitrogens with one attached hydrogen (secondary N) is 1. The zero-order chi connectivity index (χ0) is 17.7. The summed E-state index contributed by atoms with van der Waals surface area (Å²) in [6.07, 6.45) is 0.104. The van der Waals surface area contributed by atoms with Crippen LogP contribution in [0, 0.1) is 11.3 Å². The van der Waals surface area contributed by atoms with E-state index in [1.54, 1.807) is 18.2 Å². The molecule has 1 aromatic carbocycles. The number of hydrogen-bond donors (Lipinski definition) is 2. The van der Waals surface area contributed by atoms with E-state index in [0.717, 1.165) is 11.8 Å². The van der Waals surface area contributed by atoms with Gasteiger partial charge in [-0.3, -0.25) is 9.59 Å². The Balaban J connectivity index is 2.51. The molecule has 2 rings (SSSR count). The number of methoxy groups -OCH3 is 2. The summed E-state index contributed by atoms with van der Waals surface area (Å²) >= 11 is 1.04. The highest BCUT2D eigenvalue weighted by Gasteiger charge is 2.31. The highest BCUT2D eigenvalue weighted by atomic mass is 32.2. The van der Waals surface area contributed by atoms with Gasteiger partial charge in [0.2, 0.25) is 11.8 Å². The zero-order valence-electron chi connectivity index (χ0n) is 13.3. The number of thioether (sulfide) groups is 1. The second-order valence-corrected chi connectivity index (χ2v) is 6.01. The van der Waals surface area contributed by atoms with Gasteiger partial charge in [-0.2, -0.15) is 5.26 Å². The van der Waals surface area contributed by atoms with Crippen LogP contribution in [0.3, 0.4) is 0 Å². The third-order valence-corrected chi connectivity index (χ3v) is 4.57. The maximum absolute atomic E-state index is 12.1. The Labute approximate surface area is 143 Å². The molecule has 0 radical (unpaired) electrons. The van der Waals surface area contributed by atoms with E-state index < -0.39 is 11.8 Å². The molecule has 1 aliphatic heterocycles. The van der Waals surface area contributed by atoms with Crippen molar-refractivity contribution in [2.24, 2.45) is 5.73 Å². The van der Waals surface area contributed by atoms with Gasteiger partial charge in [-0.05, 0) is 18.2 Å². The highest BCUT2D eigenvalue weighted by molar-refractivity contribution is 8.03. The smallest absolute Gasteiger partial charge is 0.227 e. The molecule has 2 amide bonds. The van der Waals surface area contributed by atoms with Crippen LogP contribution >= 0.6 is 11.8 Å². The van der Waals surface area contributed by atoms with Crippen molar-refractivity contribution >= 4 is 23.6 Å². The molecule has 0 unspecified atom stereocenters. The van der Waals surface area contributed by atoms with E-state index in [9.17, 15) is 14.9 Å². The Morgan fingerprint density at radius 1 is 1.46 bits per heavy atom. The van der Waals surface area contributed by atoms with Crippen LogP contribution in [-0.4, -0.2) is 31.8 Å². The van der Waals surface area contributed by atoms with Crippen LogP contribution in [0.15, 0.2) is 28.8 Å². The van der Waals surface area contributed by atoms with Gasteiger partial charge in [0.15, 0.2) is 0 Å². The number of carbonyl (C=O) groups excluding carboxylic acids is 2. The highest BCUT2D eigenvalue weighted by Crippen LogP contribution is 2.41. The molecule has 0 spiro atoms. The third kappa shape index (κ3) is 3.81. The lowest BCUT2D eigenvalue weighted by Crippen LogP contribution is -2.31. The Kier molecular flexibility index (Phi) is 5.71. The fraction of sp³-hybridized carbons (Fsp3) is 0.312. The van der Waals surface area contributed by atoms with Crippen LogP contribution in [0.2, 0.25) is 0 Å². The molecule has 1 atom stereocenters. The Morgan fingerprint density at radius 3 is 2.79 bits per heavy atom. The third-order valence-electron chi connectivity index (χ3n) is 3.53. The van der Waals surface area contributed by atoms with Crippen molar-refractivity contribution in [3.8, 4) is 17.6 Å². The first-order valence-electron chi connectivity index (χ1n) is 7.07. The topological polar surface area (TPSA) is 114 Å². The molecular weight excluding hydrogens is 330 g/mol. The summed E-state index contributed by atoms with van der Waals surface area (Å²) in [6.45, 7) is 0. The molecule has 1 aliphatic rings. The first-order chi connectivity index (χ1) is 11.5. The van der Waals surface area contributed by atoms with E-state index in [1.165, 1.54) is 14.2 Å². The van der Waals surface area contributed by atoms with Crippen LogP contribution in [0.25, 0.3) is 0 Å². The maximum Gasteiger partial charge on any atom is 0.227 e. The van der Waals surface area contributed by atoms with Gasteiger partial charge in [0, 0.05) is 17.9 Å². The second-order valence-electron chi connectivity index (χ2n) is 5.02. The van der Waals surface area contributed by atoms with Gasteiger partial charge < -0.3 is 20.5 Å². The van der Waals surface area contributed by atoms with Crippen molar-refractivity contribution < 1.29 is 19.1 Å². The maximum atomic E-state index is 12.1. The first-order valence-corrected chi connectivity index (χ1v) is 8.05. The van der Waals surface area contributed by atoms with E-state index in [-0.39, 0.29) is 18.1 Å². The minimum atomic E-state index is -0.528. The lowest BCUT2D eigenvalue weighted by molar-refractivity contribution is -0.121. The van der Waals surface area contributed by atoms with Crippen molar-refractivity contribution in [3.05, 3.63) is 34.4 Å². The monoisotopic (exact) mass is 347 g/mol. The van der Waals surface area contributed by atoms with Crippen LogP contribution in [0.5, 0.6) is 11.5 Å². The average molecular weight is 347 g/mol. The van der Waals surface area contributed by atoms with Crippen LogP contribution in [0.4, 0.5) is 0 Å². The lowest BCUT2D eigenvalue weighted by atomic mass is 9.86. The van der Waals surface area contributed by atoms with Crippen molar-refractivity contribution in [3.63, 3.8) is 0 Å². The molecule has 0 fully saturated rings. The molecule has 0 aliphatic carbocycles. The molecule has 3 N–H and O–H groups in total. The summed E-state index contributed by atoms with van der Waals surface area (Å²) in [5.74, 6) is -0.119. The number of amides is 2. The SMILES string of the molecule is COc1ccc(OC)c([C@H]2CC(=O)NC(SCC(N)=O)=C2C#N)c1. The van der Waals surface area contributed by atoms with Crippen molar-refractivity contribution in [1.82, 2.24) is 5.32 Å². The molecule has 7 nitrogen and oxygen atoms in total. The lowest BCUT2D eigenvalue weighted by Gasteiger charge is -2.26. The number of benzene rings is 1. The fourth-order valence-corrected chi connectivity index (χ4v) is 3.27. The number of carbonyl (C=O) groups is 2. The summed E-state index contributed by atoms with van der Waals surface area (Å²) in [6, 6.07) is 7.34. The zero-order valence-corrected chi connectivity index (χ0v) is 14.1. The summed E-state index contributed by atoms with van der Waals surface area (Å²) < 4.78 is 10.6. The largest absolute Gasteiger partial charge is 0.497 e. The number of nitrogens with zero attached hydrogens (tertiary/aromatic N) is 1. The van der Waals surface area contributed by atoms with Gasteiger partial charge in [0.25, 0.3) is 0 Å². The average Bonchev–Trinajstić information content (AvgIpc) is 2.58. The first kappa shape index (κ1) is 17.7. The molecule has 24 heavy (non-hydrogen) atoms. The van der Waals surface area contributed by atoms with E-state index in [1.807, 2.05) is 0 Å². The van der Waals surface area contributed by atoms with Crippen molar-refractivity contribution in [2.75, 3.05) is 20.0 Å². The number of rotatable bonds is 6. The summed E-state index contributed by atoms with van der Waals surface area (Å²) in [5.41, 5.74) is 6.19. The van der Waals surface area contributed by atoms with Crippen molar-refractivity contribution in [2.45, 2.75) is 12.3 Å². The van der Waals surface area contributed by atoms with Gasteiger partial charge in [-0.25, -0.2) is 0 Å². The van der Waals surface area contributed by atoms with Gasteiger partial charge in [-0.1, -0.05) is 11.8 Å². The molecule has 126 valence electrons. The normalized spacial score (nSPS) is 17.0. The van der Waals surface area contributed by atoms with E-state index in [2.05, 4.69) is 11.4 Å². The van der Waals surface area contributed by atoms with Gasteiger partial charge in [0.05, 0.1) is 36.6 Å². The second kappa shape index (κ2) is 7.75. The van der Waals surface area contributed by atoms with E-state index >= 15 is 0 Å². The predicted molar refractivity (Wildman–Crippen MR) is 89.3 cm³/mol. The predicted octanol–water partition coefficient (Wildman–Crippen LogP) is 1.26. The van der Waals surface area contributed by atoms with Gasteiger partial charge in [-0.15, -0.1) is 0 Å².